The number of nitrogens with zero attached hydrogens (tertiary/aromatic N) is 2. The molecule has 0 atom stereocenters. The number of rotatable bonds is 6. The highest BCUT2D eigenvalue weighted by molar-refractivity contribution is 5.66. The minimum absolute atomic E-state index is 0.282. The highest BCUT2D eigenvalue weighted by Gasteiger charge is 2.12. The van der Waals surface area contributed by atoms with Crippen LogP contribution in [-0.2, 0) is 4.79 Å². The lowest BCUT2D eigenvalue weighted by Gasteiger charge is -2.32. The zero-order chi connectivity index (χ0) is 11.1. The Hall–Kier alpha value is -0.650. The van der Waals surface area contributed by atoms with Crippen molar-refractivity contribution in [2.24, 2.45) is 0 Å². The van der Waals surface area contributed by atoms with Gasteiger partial charge in [0.1, 0.15) is 0 Å². The number of hydrazine groups is 1. The molecule has 0 aliphatic carbocycles. The largest absolute Gasteiger partial charge is 0.481 e. The molecule has 0 aromatic heterocycles. The van der Waals surface area contributed by atoms with Crippen LogP contribution in [-0.4, -0.2) is 60.8 Å². The van der Waals surface area contributed by atoms with Crippen molar-refractivity contribution < 1.29 is 9.90 Å². The van der Waals surface area contributed by atoms with Crippen LogP contribution in [0.3, 0.4) is 0 Å². The fourth-order valence-electron chi connectivity index (χ4n) is 1.60. The summed E-state index contributed by atoms with van der Waals surface area (Å²) in [5.74, 6) is -0.699. The molecule has 0 bridgehead atoms. The fourth-order valence-corrected chi connectivity index (χ4v) is 1.60. The van der Waals surface area contributed by atoms with Gasteiger partial charge in [-0.2, -0.15) is 0 Å². The number of unbranched alkanes of at least 4 members (excludes halogenated alkanes) is 1. The third-order valence-corrected chi connectivity index (χ3v) is 2.66. The first kappa shape index (κ1) is 12.4. The maximum atomic E-state index is 10.3. The summed E-state index contributed by atoms with van der Waals surface area (Å²) in [6, 6.07) is 0. The zero-order valence-corrected chi connectivity index (χ0v) is 9.41. The first-order valence-electron chi connectivity index (χ1n) is 5.57. The van der Waals surface area contributed by atoms with E-state index in [4.69, 9.17) is 5.11 Å². The average molecular weight is 215 g/mol. The van der Waals surface area contributed by atoms with Gasteiger partial charge in [-0.1, -0.05) is 0 Å². The lowest BCUT2D eigenvalue weighted by Crippen LogP contribution is -2.50. The molecule has 0 radical (unpaired) electrons. The van der Waals surface area contributed by atoms with Crippen LogP contribution < -0.4 is 5.43 Å². The predicted octanol–water partition coefficient (Wildman–Crippen LogP) is -0.00670. The molecule has 1 heterocycles. The Labute approximate surface area is 91.0 Å². The van der Waals surface area contributed by atoms with Gasteiger partial charge in [0, 0.05) is 39.1 Å². The van der Waals surface area contributed by atoms with E-state index in [1.807, 2.05) is 0 Å². The van der Waals surface area contributed by atoms with Gasteiger partial charge >= 0.3 is 5.97 Å². The molecule has 0 saturated carbocycles. The molecule has 1 fully saturated rings. The van der Waals surface area contributed by atoms with Gasteiger partial charge in [-0.15, -0.1) is 0 Å². The van der Waals surface area contributed by atoms with Crippen molar-refractivity contribution in [1.82, 2.24) is 15.3 Å². The van der Waals surface area contributed by atoms with E-state index >= 15 is 0 Å². The zero-order valence-electron chi connectivity index (χ0n) is 9.41. The molecule has 0 amide bonds. The van der Waals surface area contributed by atoms with Crippen LogP contribution in [0.4, 0.5) is 0 Å². The Morgan fingerprint density at radius 1 is 1.27 bits per heavy atom. The van der Waals surface area contributed by atoms with Crippen LogP contribution in [0.25, 0.3) is 0 Å². The Balaban J connectivity index is 1.94. The average Bonchev–Trinajstić information content (AvgIpc) is 2.20. The Bertz CT molecular complexity index is 191. The first-order valence-corrected chi connectivity index (χ1v) is 5.57. The molecule has 0 unspecified atom stereocenters. The summed E-state index contributed by atoms with van der Waals surface area (Å²) in [6.45, 7) is 5.19. The highest BCUT2D eigenvalue weighted by Crippen LogP contribution is 1.97. The van der Waals surface area contributed by atoms with Crippen LogP contribution in [0.2, 0.25) is 0 Å². The summed E-state index contributed by atoms with van der Waals surface area (Å²) >= 11 is 0. The number of carbonyl (C=O) groups is 1. The smallest absolute Gasteiger partial charge is 0.303 e. The van der Waals surface area contributed by atoms with Gasteiger partial charge in [0.2, 0.25) is 0 Å². The van der Waals surface area contributed by atoms with Crippen molar-refractivity contribution >= 4 is 5.97 Å². The van der Waals surface area contributed by atoms with Gasteiger partial charge in [0.05, 0.1) is 0 Å². The fraction of sp³-hybridized carbons (Fsp3) is 0.900. The van der Waals surface area contributed by atoms with E-state index in [1.165, 1.54) is 0 Å². The summed E-state index contributed by atoms with van der Waals surface area (Å²) in [5, 5.41) is 10.7. The standard InChI is InChI=1S/C10H21N3O2/c1-12-6-8-13(9-7-12)11-5-3-2-4-10(14)15/h11H,2-9H2,1H3,(H,14,15). The van der Waals surface area contributed by atoms with Crippen LogP contribution in [0.1, 0.15) is 19.3 Å². The number of hydrogen-bond acceptors (Lipinski definition) is 4. The Morgan fingerprint density at radius 2 is 1.93 bits per heavy atom. The molecule has 0 spiro atoms. The van der Waals surface area contributed by atoms with E-state index < -0.39 is 5.97 Å². The number of aliphatic carboxylic acids is 1. The van der Waals surface area contributed by atoms with Crippen molar-refractivity contribution in [2.45, 2.75) is 19.3 Å². The van der Waals surface area contributed by atoms with Crippen LogP contribution >= 0.6 is 0 Å². The second-order valence-corrected chi connectivity index (χ2v) is 4.05. The van der Waals surface area contributed by atoms with E-state index in [1.54, 1.807) is 0 Å². The number of piperazine rings is 1. The lowest BCUT2D eigenvalue weighted by molar-refractivity contribution is -0.137. The van der Waals surface area contributed by atoms with Crippen LogP contribution in [0, 0.1) is 0 Å². The third-order valence-electron chi connectivity index (χ3n) is 2.66. The third kappa shape index (κ3) is 5.71. The maximum absolute atomic E-state index is 10.3. The molecule has 1 saturated heterocycles. The summed E-state index contributed by atoms with van der Waals surface area (Å²) in [5.41, 5.74) is 3.33. The summed E-state index contributed by atoms with van der Waals surface area (Å²) in [7, 11) is 2.13. The predicted molar refractivity (Wildman–Crippen MR) is 58.6 cm³/mol. The topological polar surface area (TPSA) is 55.8 Å². The molecule has 5 nitrogen and oxygen atoms in total. The van der Waals surface area contributed by atoms with Gasteiger partial charge in [-0.05, 0) is 19.9 Å². The van der Waals surface area contributed by atoms with Gasteiger partial charge in [0.25, 0.3) is 0 Å². The van der Waals surface area contributed by atoms with Crippen LogP contribution in [0.5, 0.6) is 0 Å². The maximum Gasteiger partial charge on any atom is 0.303 e. The number of likely N-dealkylation sites (N-methyl/N-ethyl adjacent to an activating group) is 1. The van der Waals surface area contributed by atoms with E-state index in [0.717, 1.165) is 45.6 Å². The molecule has 0 aromatic carbocycles. The highest BCUT2D eigenvalue weighted by atomic mass is 16.4. The summed E-state index contributed by atoms with van der Waals surface area (Å²) in [4.78, 5) is 12.6. The van der Waals surface area contributed by atoms with Gasteiger partial charge in [0.15, 0.2) is 0 Å². The molecule has 1 rings (SSSR count). The molecule has 15 heavy (non-hydrogen) atoms. The number of hydrogen-bond donors (Lipinski definition) is 2. The molecule has 5 heteroatoms. The second-order valence-electron chi connectivity index (χ2n) is 4.05. The normalized spacial score (nSPS) is 19.3. The number of carboxylic acids is 1. The number of carboxylic acid groups (broad SMARTS) is 1. The van der Waals surface area contributed by atoms with Crippen molar-refractivity contribution in [3.05, 3.63) is 0 Å². The molecule has 1 aliphatic heterocycles. The van der Waals surface area contributed by atoms with E-state index in [0.29, 0.717) is 0 Å². The quantitative estimate of drug-likeness (QED) is 0.611. The van der Waals surface area contributed by atoms with Gasteiger partial charge in [-0.3, -0.25) is 10.2 Å². The van der Waals surface area contributed by atoms with Gasteiger partial charge < -0.3 is 10.0 Å². The summed E-state index contributed by atoms with van der Waals surface area (Å²) < 4.78 is 0. The first-order chi connectivity index (χ1) is 7.18. The minimum Gasteiger partial charge on any atom is -0.481 e. The van der Waals surface area contributed by atoms with Gasteiger partial charge in [-0.25, -0.2) is 5.01 Å². The Morgan fingerprint density at radius 3 is 2.53 bits per heavy atom. The van der Waals surface area contributed by atoms with Crippen molar-refractivity contribution in [3.8, 4) is 0 Å². The number of nitrogens with one attached hydrogen (secondary N) is 1. The van der Waals surface area contributed by atoms with E-state index in [2.05, 4.69) is 22.4 Å². The summed E-state index contributed by atoms with van der Waals surface area (Å²) in [6.07, 6.45) is 1.97. The molecule has 88 valence electrons. The molecular formula is C10H21N3O2. The lowest BCUT2D eigenvalue weighted by atomic mass is 10.2. The SMILES string of the molecule is CN1CCN(NCCCCC(=O)O)CC1. The van der Waals surface area contributed by atoms with Crippen molar-refractivity contribution in [1.29, 1.82) is 0 Å². The Kier molecular flexibility index (Phi) is 5.60. The van der Waals surface area contributed by atoms with Crippen LogP contribution in [0.15, 0.2) is 0 Å². The molecule has 0 aromatic rings. The van der Waals surface area contributed by atoms with Crippen molar-refractivity contribution in [3.63, 3.8) is 0 Å². The monoisotopic (exact) mass is 215 g/mol. The van der Waals surface area contributed by atoms with E-state index in [9.17, 15) is 4.79 Å². The second kappa shape index (κ2) is 6.76. The van der Waals surface area contributed by atoms with Crippen molar-refractivity contribution in [2.75, 3.05) is 39.8 Å². The minimum atomic E-state index is -0.699. The van der Waals surface area contributed by atoms with E-state index in [-0.39, 0.29) is 6.42 Å². The molecule has 2 N–H and O–H groups in total. The molecule has 1 aliphatic rings. The molecular weight excluding hydrogens is 194 g/mol.